The molecule has 2 aromatic heterocycles. The van der Waals surface area contributed by atoms with Crippen LogP contribution in [0, 0.1) is 0 Å². The number of anilines is 2. The number of nitrogens with two attached hydrogens (primary N) is 1. The monoisotopic (exact) mass is 615 g/mol. The van der Waals surface area contributed by atoms with Crippen molar-refractivity contribution in [1.29, 1.82) is 0 Å². The molecule has 10 nitrogen and oxygen atoms in total. The number of rotatable bonds is 13. The number of halogens is 3. The number of primary amides is 1. The average Bonchev–Trinajstić information content (AvgIpc) is 3.45. The van der Waals surface area contributed by atoms with Gasteiger partial charge < -0.3 is 5.73 Å². The van der Waals surface area contributed by atoms with Crippen molar-refractivity contribution in [3.8, 4) is 0 Å². The number of carbonyl (C=O) groups excluding carboxylic acids is 3. The Bertz CT molecular complexity index is 1320. The maximum Gasteiger partial charge on any atom is 0.420 e. The number of fused-ring (bicyclic) bond motifs is 2. The predicted octanol–water partition coefficient (Wildman–Crippen LogP) is 5.80. The van der Waals surface area contributed by atoms with Crippen molar-refractivity contribution >= 4 is 71.1 Å². The Labute approximate surface area is 244 Å². The summed E-state index contributed by atoms with van der Waals surface area (Å²) in [5, 5.41) is 6.00. The van der Waals surface area contributed by atoms with E-state index < -0.39 is 40.5 Å². The van der Waals surface area contributed by atoms with Crippen LogP contribution in [0.1, 0.15) is 83.1 Å². The van der Waals surface area contributed by atoms with E-state index in [2.05, 4.69) is 9.97 Å². The minimum atomic E-state index is -4.91. The predicted molar refractivity (Wildman–Crippen MR) is 157 cm³/mol. The molecule has 0 saturated heterocycles. The van der Waals surface area contributed by atoms with Crippen LogP contribution < -0.4 is 15.8 Å². The zero-order chi connectivity index (χ0) is 30.6. The summed E-state index contributed by atoms with van der Waals surface area (Å²) in [7, 11) is 0. The number of benzene rings is 1. The highest BCUT2D eigenvalue weighted by Gasteiger charge is 2.41. The molecule has 2 N–H and O–H groups in total. The van der Waals surface area contributed by atoms with Crippen LogP contribution in [-0.4, -0.2) is 63.9 Å². The van der Waals surface area contributed by atoms with Gasteiger partial charge in [0.25, 0.3) is 5.91 Å². The quantitative estimate of drug-likeness (QED) is 0.242. The number of hydrogen-bond acceptors (Lipinski definition) is 9. The van der Waals surface area contributed by atoms with Crippen LogP contribution in [0.25, 0.3) is 20.4 Å². The minimum absolute atomic E-state index is 0.00251. The molecule has 15 heteroatoms. The van der Waals surface area contributed by atoms with Gasteiger partial charge in [-0.25, -0.2) is 30.0 Å². The number of hydrogen-bond donors (Lipinski definition) is 1. The van der Waals surface area contributed by atoms with E-state index >= 15 is 0 Å². The Kier molecular flexibility index (Phi) is 10.7. The van der Waals surface area contributed by atoms with Crippen LogP contribution in [0.2, 0.25) is 0 Å². The molecular weight excluding hydrogens is 579 g/mol. The molecule has 1 aromatic carbocycles. The zero-order valence-electron chi connectivity index (χ0n) is 24.1. The topological polar surface area (TPSA) is 116 Å². The van der Waals surface area contributed by atoms with Gasteiger partial charge in [-0.1, -0.05) is 50.4 Å². The van der Waals surface area contributed by atoms with E-state index in [1.54, 1.807) is 10.0 Å². The normalized spacial score (nSPS) is 12.2. The first-order valence-electron chi connectivity index (χ1n) is 13.6. The van der Waals surface area contributed by atoms with Crippen LogP contribution in [0.3, 0.4) is 0 Å². The molecule has 0 spiro atoms. The lowest BCUT2D eigenvalue weighted by Crippen LogP contribution is -2.46. The first kappa shape index (κ1) is 32.6. The molecule has 41 heavy (non-hydrogen) atoms. The van der Waals surface area contributed by atoms with Crippen molar-refractivity contribution in [2.45, 2.75) is 73.4 Å². The van der Waals surface area contributed by atoms with E-state index in [4.69, 9.17) is 5.73 Å². The lowest BCUT2D eigenvalue weighted by atomic mass is 10.1. The molecule has 0 atom stereocenters. The fourth-order valence-corrected chi connectivity index (χ4v) is 7.21. The SMILES string of the molecule is CCCN(CCC)N(C(C)=O)c1nc2c(C(F)(F)F)c3nc(N(C(C)=O)N(CCC)CCC)sc3c(C(N)=O)c2s1. The highest BCUT2D eigenvalue weighted by molar-refractivity contribution is 7.25. The molecule has 3 aromatic rings. The highest BCUT2D eigenvalue weighted by Crippen LogP contribution is 2.48. The number of alkyl halides is 3. The summed E-state index contributed by atoms with van der Waals surface area (Å²) in [4.78, 5) is 46.9. The van der Waals surface area contributed by atoms with Crippen molar-refractivity contribution in [2.75, 3.05) is 36.2 Å². The van der Waals surface area contributed by atoms with Crippen molar-refractivity contribution < 1.29 is 27.6 Å². The van der Waals surface area contributed by atoms with Gasteiger partial charge in [0, 0.05) is 40.0 Å². The first-order chi connectivity index (χ1) is 19.3. The van der Waals surface area contributed by atoms with Gasteiger partial charge in [0.2, 0.25) is 22.1 Å². The maximum atomic E-state index is 14.7. The van der Waals surface area contributed by atoms with E-state index in [1.807, 2.05) is 27.7 Å². The summed E-state index contributed by atoms with van der Waals surface area (Å²) in [6.45, 7) is 12.2. The van der Waals surface area contributed by atoms with Crippen molar-refractivity contribution in [3.05, 3.63) is 11.1 Å². The zero-order valence-corrected chi connectivity index (χ0v) is 25.7. The third-order valence-corrected chi connectivity index (χ3v) is 8.24. The second-order valence-electron chi connectivity index (χ2n) is 9.53. The molecule has 3 rings (SSSR count). The highest BCUT2D eigenvalue weighted by atomic mass is 32.1. The molecular formula is C26H36F3N7O3S2. The molecule has 0 unspecified atom stereocenters. The summed E-state index contributed by atoms with van der Waals surface area (Å²) in [6.07, 6.45) is -2.15. The second kappa shape index (κ2) is 13.4. The standard InChI is InChI=1S/C26H36F3N7O3S2/c1-7-11-33(12-8-2)35(15(5)37)24-31-19-18(26(27,28)29)20-22(17(23(30)39)21(19)40-24)41-25(32-20)36(16(6)38)34(13-9-3)14-10-4/h7-14H2,1-6H3,(H2,30,39). The Morgan fingerprint density at radius 3 is 1.32 bits per heavy atom. The van der Waals surface area contributed by atoms with E-state index in [0.29, 0.717) is 51.9 Å². The van der Waals surface area contributed by atoms with Gasteiger partial charge in [-0.2, -0.15) is 13.2 Å². The van der Waals surface area contributed by atoms with Gasteiger partial charge in [-0.15, -0.1) is 0 Å². The smallest absolute Gasteiger partial charge is 0.366 e. The number of thiazole rings is 2. The van der Waals surface area contributed by atoms with Gasteiger partial charge >= 0.3 is 6.18 Å². The van der Waals surface area contributed by atoms with Crippen molar-refractivity contribution in [1.82, 2.24) is 20.0 Å². The second-order valence-corrected chi connectivity index (χ2v) is 11.5. The van der Waals surface area contributed by atoms with Crippen LogP contribution in [-0.2, 0) is 15.8 Å². The lowest BCUT2D eigenvalue weighted by Gasteiger charge is -2.31. The average molecular weight is 616 g/mol. The van der Waals surface area contributed by atoms with Gasteiger partial charge in [-0.05, 0) is 25.7 Å². The number of aromatic nitrogens is 2. The Morgan fingerprint density at radius 2 is 1.07 bits per heavy atom. The Hall–Kier alpha value is -2.88. The van der Waals surface area contributed by atoms with Gasteiger partial charge in [-0.3, -0.25) is 14.4 Å². The number of hydrazine groups is 2. The van der Waals surface area contributed by atoms with E-state index in [0.717, 1.165) is 22.7 Å². The van der Waals surface area contributed by atoms with Gasteiger partial charge in [0.05, 0.1) is 26.0 Å². The summed E-state index contributed by atoms with van der Waals surface area (Å²) in [5.41, 5.74) is 3.43. The third kappa shape index (κ3) is 6.63. The van der Waals surface area contributed by atoms with Crippen LogP contribution >= 0.6 is 22.7 Å². The number of carbonyl (C=O) groups is 3. The first-order valence-corrected chi connectivity index (χ1v) is 15.2. The summed E-state index contributed by atoms with van der Waals surface area (Å²) >= 11 is 1.60. The minimum Gasteiger partial charge on any atom is -0.366 e. The molecule has 2 heterocycles. The molecule has 3 amide bonds. The largest absolute Gasteiger partial charge is 0.420 e. The Balaban J connectivity index is 2.42. The third-order valence-electron chi connectivity index (χ3n) is 6.14. The maximum absolute atomic E-state index is 14.7. The number of amides is 3. The van der Waals surface area contributed by atoms with Crippen LogP contribution in [0.15, 0.2) is 0 Å². The molecule has 0 radical (unpaired) electrons. The van der Waals surface area contributed by atoms with E-state index in [9.17, 15) is 27.6 Å². The summed E-state index contributed by atoms with van der Waals surface area (Å²) < 4.78 is 44.1. The van der Waals surface area contributed by atoms with Crippen molar-refractivity contribution in [2.24, 2.45) is 5.73 Å². The fourth-order valence-electron chi connectivity index (χ4n) is 4.75. The Morgan fingerprint density at radius 1 is 0.732 bits per heavy atom. The molecule has 0 saturated carbocycles. The molecule has 0 fully saturated rings. The summed E-state index contributed by atoms with van der Waals surface area (Å²) in [6, 6.07) is 0. The summed E-state index contributed by atoms with van der Waals surface area (Å²) in [5.74, 6) is -1.81. The van der Waals surface area contributed by atoms with E-state index in [1.165, 1.54) is 23.9 Å². The molecule has 0 aliphatic heterocycles. The van der Waals surface area contributed by atoms with Crippen LogP contribution in [0.4, 0.5) is 23.4 Å². The molecule has 226 valence electrons. The fraction of sp³-hybridized carbons (Fsp3) is 0.577. The van der Waals surface area contributed by atoms with Crippen LogP contribution in [0.5, 0.6) is 0 Å². The molecule has 0 aliphatic carbocycles. The van der Waals surface area contributed by atoms with Gasteiger partial charge in [0.1, 0.15) is 5.56 Å². The lowest BCUT2D eigenvalue weighted by molar-refractivity contribution is -0.135. The number of nitrogens with zero attached hydrogens (tertiary/aromatic N) is 6. The molecule has 0 aliphatic rings. The van der Waals surface area contributed by atoms with Gasteiger partial charge in [0.15, 0.2) is 0 Å². The molecule has 0 bridgehead atoms. The van der Waals surface area contributed by atoms with E-state index in [-0.39, 0.29) is 25.2 Å². The van der Waals surface area contributed by atoms with Crippen molar-refractivity contribution in [3.63, 3.8) is 0 Å².